The van der Waals surface area contributed by atoms with Gasteiger partial charge < -0.3 is 15.2 Å². The quantitative estimate of drug-likeness (QED) is 0.710. The van der Waals surface area contributed by atoms with Crippen LogP contribution in [-0.2, 0) is 14.4 Å². The number of Topliss-reactive ketones (excluding diaryl/α,β-unsaturated/α-hetero) is 1. The number of amides is 2. The fourth-order valence-corrected chi connectivity index (χ4v) is 2.51. The average Bonchev–Trinajstić information content (AvgIpc) is 2.60. The smallest absolute Gasteiger partial charge is 0.303 e. The summed E-state index contributed by atoms with van der Waals surface area (Å²) in [6.45, 7) is 1.62. The predicted molar refractivity (Wildman–Crippen MR) is 88.8 cm³/mol. The average molecular weight is 348 g/mol. The van der Waals surface area contributed by atoms with Crippen LogP contribution >= 0.6 is 0 Å². The van der Waals surface area contributed by atoms with Crippen molar-refractivity contribution in [3.8, 4) is 5.75 Å². The molecular formula is C17H20N2O6. The number of carbonyl (C=O) groups excluding carboxylic acids is 3. The molecule has 134 valence electrons. The van der Waals surface area contributed by atoms with E-state index in [0.29, 0.717) is 17.9 Å². The van der Waals surface area contributed by atoms with Gasteiger partial charge in [0.1, 0.15) is 12.3 Å². The van der Waals surface area contributed by atoms with E-state index in [9.17, 15) is 19.2 Å². The molecule has 1 unspecified atom stereocenters. The third-order valence-electron chi connectivity index (χ3n) is 3.90. The Morgan fingerprint density at radius 3 is 2.60 bits per heavy atom. The molecule has 1 atom stereocenters. The number of carboxylic acids is 1. The number of aliphatic carboxylic acids is 1. The summed E-state index contributed by atoms with van der Waals surface area (Å²) in [4.78, 5) is 48.3. The number of hydrogen-bond acceptors (Lipinski definition) is 5. The highest BCUT2D eigenvalue weighted by Gasteiger charge is 2.34. The van der Waals surface area contributed by atoms with Crippen molar-refractivity contribution in [2.45, 2.75) is 32.3 Å². The van der Waals surface area contributed by atoms with Gasteiger partial charge in [-0.15, -0.1) is 0 Å². The number of benzene rings is 1. The molecule has 2 rings (SSSR count). The molecule has 0 spiro atoms. The first-order chi connectivity index (χ1) is 11.9. The van der Waals surface area contributed by atoms with Crippen molar-refractivity contribution in [2.75, 3.05) is 18.5 Å². The molecule has 2 amide bonds. The van der Waals surface area contributed by atoms with Crippen molar-refractivity contribution in [3.05, 3.63) is 23.8 Å². The van der Waals surface area contributed by atoms with Gasteiger partial charge in [0.2, 0.25) is 5.91 Å². The molecule has 1 heterocycles. The highest BCUT2D eigenvalue weighted by Crippen LogP contribution is 2.35. The Balaban J connectivity index is 2.35. The van der Waals surface area contributed by atoms with E-state index >= 15 is 0 Å². The van der Waals surface area contributed by atoms with Crippen molar-refractivity contribution in [1.82, 2.24) is 5.32 Å². The Kier molecular flexibility index (Phi) is 5.74. The van der Waals surface area contributed by atoms with Crippen molar-refractivity contribution in [2.24, 2.45) is 0 Å². The minimum atomic E-state index is -1.06. The molecule has 8 nitrogen and oxygen atoms in total. The number of carboxylic acid groups (broad SMARTS) is 1. The zero-order chi connectivity index (χ0) is 18.6. The van der Waals surface area contributed by atoms with Crippen molar-refractivity contribution >= 4 is 29.3 Å². The highest BCUT2D eigenvalue weighted by molar-refractivity contribution is 6.06. The Morgan fingerprint density at radius 2 is 2.00 bits per heavy atom. The van der Waals surface area contributed by atoms with E-state index in [2.05, 4.69) is 5.32 Å². The SMILES string of the molecule is CCC1Oc2ccc(C(=O)CCC(=O)O)cc2N(CC(=O)NC)C1=O. The maximum Gasteiger partial charge on any atom is 0.303 e. The molecule has 1 aromatic rings. The molecule has 1 aliphatic rings. The number of nitrogens with zero attached hydrogens (tertiary/aromatic N) is 1. The molecule has 0 bridgehead atoms. The summed E-state index contributed by atoms with van der Waals surface area (Å²) >= 11 is 0. The molecule has 0 radical (unpaired) electrons. The summed E-state index contributed by atoms with van der Waals surface area (Å²) < 4.78 is 5.64. The van der Waals surface area contributed by atoms with Gasteiger partial charge >= 0.3 is 5.97 Å². The minimum absolute atomic E-state index is 0.143. The number of likely N-dealkylation sites (N-methyl/N-ethyl adjacent to an activating group) is 1. The van der Waals surface area contributed by atoms with Crippen LogP contribution in [0.25, 0.3) is 0 Å². The summed E-state index contributed by atoms with van der Waals surface area (Å²) in [5, 5.41) is 11.2. The van der Waals surface area contributed by atoms with Crippen molar-refractivity contribution < 1.29 is 29.0 Å². The topological polar surface area (TPSA) is 113 Å². The number of fused-ring (bicyclic) bond motifs is 1. The van der Waals surface area contributed by atoms with Crippen molar-refractivity contribution in [1.29, 1.82) is 0 Å². The molecule has 2 N–H and O–H groups in total. The van der Waals surface area contributed by atoms with Crippen LogP contribution in [0.3, 0.4) is 0 Å². The van der Waals surface area contributed by atoms with Gasteiger partial charge in [0.15, 0.2) is 11.9 Å². The van der Waals surface area contributed by atoms with Gasteiger partial charge in [0.05, 0.1) is 12.1 Å². The molecule has 0 fully saturated rings. The first-order valence-corrected chi connectivity index (χ1v) is 7.95. The zero-order valence-corrected chi connectivity index (χ0v) is 14.1. The molecule has 8 heteroatoms. The lowest BCUT2D eigenvalue weighted by Crippen LogP contribution is -2.49. The molecule has 0 aromatic heterocycles. The maximum atomic E-state index is 12.5. The third kappa shape index (κ3) is 4.14. The predicted octanol–water partition coefficient (Wildman–Crippen LogP) is 0.984. The van der Waals surface area contributed by atoms with E-state index in [1.165, 1.54) is 24.1 Å². The van der Waals surface area contributed by atoms with Crippen LogP contribution in [0.4, 0.5) is 5.69 Å². The molecule has 1 aliphatic heterocycles. The highest BCUT2D eigenvalue weighted by atomic mass is 16.5. The summed E-state index contributed by atoms with van der Waals surface area (Å²) in [5.41, 5.74) is 0.604. The summed E-state index contributed by atoms with van der Waals surface area (Å²) in [7, 11) is 1.47. The summed E-state index contributed by atoms with van der Waals surface area (Å²) in [6.07, 6.45) is -0.658. The normalized spacial score (nSPS) is 16.0. The summed E-state index contributed by atoms with van der Waals surface area (Å²) in [6, 6.07) is 4.56. The fraction of sp³-hybridized carbons (Fsp3) is 0.412. The number of carbonyl (C=O) groups is 4. The molecular weight excluding hydrogens is 328 g/mol. The standard InChI is InChI=1S/C17H20N2O6/c1-3-13-17(24)19(9-15(21)18-2)11-8-10(4-6-14(11)25-13)12(20)5-7-16(22)23/h4,6,8,13H,3,5,7,9H2,1-2H3,(H,18,21)(H,22,23). The lowest BCUT2D eigenvalue weighted by atomic mass is 10.0. The lowest BCUT2D eigenvalue weighted by Gasteiger charge is -2.33. The molecule has 0 saturated carbocycles. The van der Waals surface area contributed by atoms with Crippen LogP contribution in [0.2, 0.25) is 0 Å². The Labute approximate surface area is 144 Å². The molecule has 25 heavy (non-hydrogen) atoms. The molecule has 0 aliphatic carbocycles. The van der Waals surface area contributed by atoms with E-state index in [4.69, 9.17) is 9.84 Å². The second-order valence-electron chi connectivity index (χ2n) is 5.61. The van der Waals surface area contributed by atoms with Crippen LogP contribution < -0.4 is 15.0 Å². The number of ketones is 1. The van der Waals surface area contributed by atoms with Crippen LogP contribution in [0.5, 0.6) is 5.75 Å². The number of ether oxygens (including phenoxy) is 1. The number of rotatable bonds is 7. The minimum Gasteiger partial charge on any atom is -0.481 e. The van der Waals surface area contributed by atoms with E-state index in [1.807, 2.05) is 0 Å². The second-order valence-corrected chi connectivity index (χ2v) is 5.61. The van der Waals surface area contributed by atoms with Gasteiger partial charge in [-0.05, 0) is 24.6 Å². The Bertz CT molecular complexity index is 715. The van der Waals surface area contributed by atoms with Gasteiger partial charge in [-0.3, -0.25) is 24.1 Å². The van der Waals surface area contributed by atoms with Crippen LogP contribution in [0.15, 0.2) is 18.2 Å². The number of hydrogen-bond donors (Lipinski definition) is 2. The first-order valence-electron chi connectivity index (χ1n) is 7.95. The van der Waals surface area contributed by atoms with Crippen LogP contribution in [0, 0.1) is 0 Å². The Morgan fingerprint density at radius 1 is 1.28 bits per heavy atom. The maximum absolute atomic E-state index is 12.5. The lowest BCUT2D eigenvalue weighted by molar-refractivity contribution is -0.137. The fourth-order valence-electron chi connectivity index (χ4n) is 2.51. The number of nitrogens with one attached hydrogen (secondary N) is 1. The van der Waals surface area contributed by atoms with Crippen LogP contribution in [-0.4, -0.2) is 48.4 Å². The van der Waals surface area contributed by atoms with E-state index < -0.39 is 12.1 Å². The molecule has 0 saturated heterocycles. The Hall–Kier alpha value is -2.90. The largest absolute Gasteiger partial charge is 0.481 e. The number of anilines is 1. The van der Waals surface area contributed by atoms with E-state index in [-0.39, 0.29) is 42.5 Å². The van der Waals surface area contributed by atoms with Gasteiger partial charge in [-0.25, -0.2) is 0 Å². The monoisotopic (exact) mass is 348 g/mol. The summed E-state index contributed by atoms with van der Waals surface area (Å²) in [5.74, 6) is -1.70. The first kappa shape index (κ1) is 18.4. The van der Waals surface area contributed by atoms with Crippen LogP contribution in [0.1, 0.15) is 36.5 Å². The second kappa shape index (κ2) is 7.78. The molecule has 1 aromatic carbocycles. The van der Waals surface area contributed by atoms with Gasteiger partial charge in [0.25, 0.3) is 5.91 Å². The van der Waals surface area contributed by atoms with Gasteiger partial charge in [-0.1, -0.05) is 6.92 Å². The van der Waals surface area contributed by atoms with Gasteiger partial charge in [-0.2, -0.15) is 0 Å². The van der Waals surface area contributed by atoms with Crippen molar-refractivity contribution in [3.63, 3.8) is 0 Å². The van der Waals surface area contributed by atoms with E-state index in [0.717, 1.165) is 0 Å². The van der Waals surface area contributed by atoms with E-state index in [1.54, 1.807) is 13.0 Å². The zero-order valence-electron chi connectivity index (χ0n) is 14.1. The third-order valence-corrected chi connectivity index (χ3v) is 3.90. The van der Waals surface area contributed by atoms with Gasteiger partial charge in [0, 0.05) is 19.0 Å².